The quantitative estimate of drug-likeness (QED) is 0.530. The summed E-state index contributed by atoms with van der Waals surface area (Å²) in [6.45, 7) is 1.07. The highest BCUT2D eigenvalue weighted by Crippen LogP contribution is 2.45. The summed E-state index contributed by atoms with van der Waals surface area (Å²) in [4.78, 5) is 48.8. The molecule has 1 amide bonds. The van der Waals surface area contributed by atoms with Crippen molar-refractivity contribution in [1.29, 1.82) is 0 Å². The molecule has 7 nitrogen and oxygen atoms in total. The molecule has 0 aliphatic carbocycles. The average Bonchev–Trinajstić information content (AvgIpc) is 2.65. The average molecular weight is 424 g/mol. The molecule has 2 heterocycles. The van der Waals surface area contributed by atoms with E-state index in [1.165, 1.54) is 23.6 Å². The van der Waals surface area contributed by atoms with Crippen LogP contribution in [0.25, 0.3) is 0 Å². The lowest BCUT2D eigenvalue weighted by molar-refractivity contribution is -0.154. The minimum atomic E-state index is -1.24. The number of ether oxygens (including phenoxy) is 1. The number of hydrogen-bond acceptors (Lipinski definition) is 6. The second-order valence-corrected chi connectivity index (χ2v) is 8.14. The number of carbonyl (C=O) groups excluding carboxylic acids is 3. The number of β-lactam (4-membered cyclic amide) rings is 1. The molecule has 0 radical (unpaired) electrons. The van der Waals surface area contributed by atoms with Gasteiger partial charge in [0.2, 0.25) is 5.91 Å². The number of carbonyl (C=O) groups is 4. The number of carboxylic acids is 1. The van der Waals surface area contributed by atoms with Gasteiger partial charge in [-0.15, -0.1) is 11.8 Å². The number of nitrogens with zero attached hydrogens (tertiary/aromatic N) is 1. The molecule has 28 heavy (non-hydrogen) atoms. The zero-order valence-electron chi connectivity index (χ0n) is 15.0. The van der Waals surface area contributed by atoms with Crippen molar-refractivity contribution < 1.29 is 29.0 Å². The van der Waals surface area contributed by atoms with Gasteiger partial charge in [0, 0.05) is 36.1 Å². The lowest BCUT2D eigenvalue weighted by Crippen LogP contribution is -2.62. The van der Waals surface area contributed by atoms with Crippen molar-refractivity contribution in [3.63, 3.8) is 0 Å². The van der Waals surface area contributed by atoms with Gasteiger partial charge in [0.15, 0.2) is 0 Å². The van der Waals surface area contributed by atoms with Crippen molar-refractivity contribution in [3.05, 3.63) is 46.1 Å². The van der Waals surface area contributed by atoms with Gasteiger partial charge in [-0.1, -0.05) is 23.7 Å². The first-order valence-electron chi connectivity index (χ1n) is 8.57. The van der Waals surface area contributed by atoms with Crippen LogP contribution in [0.15, 0.2) is 35.5 Å². The standard InChI is InChI=1S/C19H18ClNO6S/c1-10(22)27-8-12-9-28-18-15(17(24)21(18)16(12)19(25)26)7-14(23)6-11-2-4-13(20)5-3-11/h2-5,15,18H,6-9H2,1H3,(H,25,26)/t15-,18-/m1/s1. The van der Waals surface area contributed by atoms with E-state index in [1.54, 1.807) is 24.3 Å². The van der Waals surface area contributed by atoms with Crippen molar-refractivity contribution in [2.24, 2.45) is 5.92 Å². The predicted octanol–water partition coefficient (Wildman–Crippen LogP) is 2.27. The third-order valence-electron chi connectivity index (χ3n) is 4.57. The zero-order chi connectivity index (χ0) is 20.4. The summed E-state index contributed by atoms with van der Waals surface area (Å²) in [6, 6.07) is 6.92. The first-order valence-corrected chi connectivity index (χ1v) is 10.00. The summed E-state index contributed by atoms with van der Waals surface area (Å²) in [7, 11) is 0. The minimum absolute atomic E-state index is 0.0573. The number of fused-ring (bicyclic) bond motifs is 1. The molecular formula is C19H18ClNO6S. The smallest absolute Gasteiger partial charge is 0.352 e. The molecule has 0 unspecified atom stereocenters. The van der Waals surface area contributed by atoms with Crippen LogP contribution in [0.2, 0.25) is 5.02 Å². The van der Waals surface area contributed by atoms with Crippen molar-refractivity contribution in [3.8, 4) is 0 Å². The van der Waals surface area contributed by atoms with E-state index in [0.717, 1.165) is 5.56 Å². The molecule has 0 saturated carbocycles. The van der Waals surface area contributed by atoms with Crippen LogP contribution in [0, 0.1) is 5.92 Å². The summed E-state index contributed by atoms with van der Waals surface area (Å²) in [6.07, 6.45) is 0.249. The Balaban J connectivity index is 1.67. The Hall–Kier alpha value is -2.32. The summed E-state index contributed by atoms with van der Waals surface area (Å²) in [5, 5.41) is 9.71. The van der Waals surface area contributed by atoms with E-state index < -0.39 is 23.2 Å². The molecular weight excluding hydrogens is 406 g/mol. The Morgan fingerprint density at radius 3 is 2.57 bits per heavy atom. The number of benzene rings is 1. The number of hydrogen-bond donors (Lipinski definition) is 1. The van der Waals surface area contributed by atoms with Crippen LogP contribution in [0.5, 0.6) is 0 Å². The number of amides is 1. The second kappa shape index (κ2) is 8.36. The molecule has 9 heteroatoms. The molecule has 2 aliphatic rings. The van der Waals surface area contributed by atoms with Crippen LogP contribution in [-0.2, 0) is 30.3 Å². The number of Topliss-reactive ketones (excluding diaryl/α,β-unsaturated/α-hetero) is 1. The van der Waals surface area contributed by atoms with E-state index in [4.69, 9.17) is 16.3 Å². The molecule has 0 aromatic heterocycles. The number of thioether (sulfide) groups is 1. The lowest BCUT2D eigenvalue weighted by atomic mass is 9.89. The highest BCUT2D eigenvalue weighted by Gasteiger charge is 2.53. The van der Waals surface area contributed by atoms with Crippen LogP contribution in [0.4, 0.5) is 0 Å². The van der Waals surface area contributed by atoms with Crippen LogP contribution >= 0.6 is 23.4 Å². The fraction of sp³-hybridized carbons (Fsp3) is 0.368. The summed E-state index contributed by atoms with van der Waals surface area (Å²) >= 11 is 7.21. The Morgan fingerprint density at radius 1 is 1.29 bits per heavy atom. The first kappa shape index (κ1) is 20.4. The van der Waals surface area contributed by atoms with E-state index in [2.05, 4.69) is 0 Å². The molecule has 0 spiro atoms. The van der Waals surface area contributed by atoms with E-state index in [-0.39, 0.29) is 36.8 Å². The highest BCUT2D eigenvalue weighted by molar-refractivity contribution is 8.00. The SMILES string of the molecule is CC(=O)OCC1=C(C(=O)O)N2C(=O)[C@@H](CC(=O)Cc3ccc(Cl)cc3)[C@H]2SC1. The zero-order valence-corrected chi connectivity index (χ0v) is 16.6. The third kappa shape index (κ3) is 4.23. The molecule has 1 saturated heterocycles. The van der Waals surface area contributed by atoms with Crippen molar-refractivity contribution in [2.75, 3.05) is 12.4 Å². The van der Waals surface area contributed by atoms with Gasteiger partial charge in [0.25, 0.3) is 0 Å². The van der Waals surface area contributed by atoms with Gasteiger partial charge in [0.1, 0.15) is 18.1 Å². The van der Waals surface area contributed by atoms with Gasteiger partial charge >= 0.3 is 11.9 Å². The summed E-state index contributed by atoms with van der Waals surface area (Å²) < 4.78 is 4.90. The molecule has 2 aliphatic heterocycles. The molecule has 148 valence electrons. The molecule has 3 rings (SSSR count). The van der Waals surface area contributed by atoms with E-state index >= 15 is 0 Å². The summed E-state index contributed by atoms with van der Waals surface area (Å²) in [5.74, 6) is -2.47. The molecule has 2 atom stereocenters. The second-order valence-electron chi connectivity index (χ2n) is 6.60. The van der Waals surface area contributed by atoms with Gasteiger partial charge in [0.05, 0.1) is 11.3 Å². The van der Waals surface area contributed by atoms with Crippen LogP contribution in [0.1, 0.15) is 18.9 Å². The van der Waals surface area contributed by atoms with E-state index in [9.17, 15) is 24.3 Å². The lowest BCUT2D eigenvalue weighted by Gasteiger charge is -2.49. The van der Waals surface area contributed by atoms with Crippen molar-refractivity contribution in [2.45, 2.75) is 25.1 Å². The largest absolute Gasteiger partial charge is 0.477 e. The Labute approximate surface area is 170 Å². The van der Waals surface area contributed by atoms with E-state index in [0.29, 0.717) is 16.3 Å². The van der Waals surface area contributed by atoms with Crippen LogP contribution < -0.4 is 0 Å². The fourth-order valence-corrected chi connectivity index (χ4v) is 4.79. The molecule has 1 aromatic rings. The van der Waals surface area contributed by atoms with Crippen LogP contribution in [0.3, 0.4) is 0 Å². The number of ketones is 1. The van der Waals surface area contributed by atoms with Gasteiger partial charge in [-0.2, -0.15) is 0 Å². The monoisotopic (exact) mass is 423 g/mol. The van der Waals surface area contributed by atoms with Crippen LogP contribution in [-0.4, -0.2) is 51.4 Å². The van der Waals surface area contributed by atoms with Crippen molar-refractivity contribution in [1.82, 2.24) is 4.90 Å². The van der Waals surface area contributed by atoms with Gasteiger partial charge in [-0.3, -0.25) is 19.3 Å². The molecule has 1 N–H and O–H groups in total. The predicted molar refractivity (Wildman–Crippen MR) is 103 cm³/mol. The van der Waals surface area contributed by atoms with Gasteiger partial charge < -0.3 is 9.84 Å². The maximum absolute atomic E-state index is 12.6. The number of rotatable bonds is 7. The molecule has 1 aromatic carbocycles. The molecule has 1 fully saturated rings. The maximum atomic E-state index is 12.6. The fourth-order valence-electron chi connectivity index (χ4n) is 3.27. The topological polar surface area (TPSA) is 101 Å². The first-order chi connectivity index (χ1) is 13.3. The van der Waals surface area contributed by atoms with Crippen molar-refractivity contribution >= 4 is 47.0 Å². The highest BCUT2D eigenvalue weighted by atomic mass is 35.5. The number of carboxylic acid groups (broad SMARTS) is 1. The number of halogens is 1. The van der Waals surface area contributed by atoms with Gasteiger partial charge in [-0.05, 0) is 17.7 Å². The Morgan fingerprint density at radius 2 is 1.96 bits per heavy atom. The Kier molecular flexibility index (Phi) is 6.10. The van der Waals surface area contributed by atoms with E-state index in [1.807, 2.05) is 0 Å². The van der Waals surface area contributed by atoms with Gasteiger partial charge in [-0.25, -0.2) is 4.79 Å². The normalized spacial score (nSPS) is 21.1. The summed E-state index contributed by atoms with van der Waals surface area (Å²) in [5.41, 5.74) is 1.05. The third-order valence-corrected chi connectivity index (χ3v) is 6.22. The Bertz CT molecular complexity index is 866. The molecule has 0 bridgehead atoms. The number of aliphatic carboxylic acids is 1. The minimum Gasteiger partial charge on any atom is -0.477 e. The maximum Gasteiger partial charge on any atom is 0.352 e. The number of esters is 1.